The first-order valence-electron chi connectivity index (χ1n) is 5.03. The van der Waals surface area contributed by atoms with Crippen LogP contribution in [0.5, 0.6) is 0 Å². The lowest BCUT2D eigenvalue weighted by molar-refractivity contribution is 0.620. The fourth-order valence-corrected chi connectivity index (χ4v) is 3.92. The number of alkyl halides is 1. The predicted octanol–water partition coefficient (Wildman–Crippen LogP) is 6.44. The van der Waals surface area contributed by atoms with E-state index in [4.69, 9.17) is 0 Å². The smallest absolute Gasteiger partial charge is 0.137 e. The monoisotopic (exact) mass is 546 g/mol. The fourth-order valence-electron chi connectivity index (χ4n) is 1.56. The molecule has 0 saturated heterocycles. The Hall–Kier alpha value is 0.540. The van der Waals surface area contributed by atoms with E-state index in [1.54, 1.807) is 12.1 Å². The van der Waals surface area contributed by atoms with Crippen molar-refractivity contribution in [2.24, 2.45) is 0 Å². The standard InChI is InChI=1S/C13H7Br3FI/c14-10-3-2-8(18)6-9(10)13(16)7-1-4-12(17)11(15)5-7/h1-6,13H. The molecule has 0 aromatic heterocycles. The normalized spacial score (nSPS) is 12.5. The van der Waals surface area contributed by atoms with Crippen LogP contribution in [0.1, 0.15) is 16.0 Å². The van der Waals surface area contributed by atoms with Crippen LogP contribution in [-0.4, -0.2) is 0 Å². The molecule has 1 unspecified atom stereocenters. The molecular formula is C13H7Br3FI. The average molecular weight is 549 g/mol. The number of halogens is 5. The Morgan fingerprint density at radius 3 is 2.39 bits per heavy atom. The Balaban J connectivity index is 2.44. The summed E-state index contributed by atoms with van der Waals surface area (Å²) in [6.45, 7) is 0. The third-order valence-electron chi connectivity index (χ3n) is 2.47. The van der Waals surface area contributed by atoms with E-state index in [9.17, 15) is 4.39 Å². The summed E-state index contributed by atoms with van der Waals surface area (Å²) in [4.78, 5) is 0.0264. The minimum atomic E-state index is -0.250. The van der Waals surface area contributed by atoms with Crippen LogP contribution in [0.15, 0.2) is 45.3 Å². The van der Waals surface area contributed by atoms with E-state index in [1.165, 1.54) is 6.07 Å². The Morgan fingerprint density at radius 1 is 1.00 bits per heavy atom. The van der Waals surface area contributed by atoms with Gasteiger partial charge in [0, 0.05) is 8.04 Å². The van der Waals surface area contributed by atoms with Crippen LogP contribution in [-0.2, 0) is 0 Å². The van der Waals surface area contributed by atoms with Gasteiger partial charge in [0.2, 0.25) is 0 Å². The number of hydrogen-bond donors (Lipinski definition) is 0. The van der Waals surface area contributed by atoms with E-state index in [0.29, 0.717) is 4.47 Å². The van der Waals surface area contributed by atoms with Gasteiger partial charge in [0.15, 0.2) is 0 Å². The molecular weight excluding hydrogens is 542 g/mol. The van der Waals surface area contributed by atoms with Gasteiger partial charge >= 0.3 is 0 Å². The molecule has 2 aromatic carbocycles. The lowest BCUT2D eigenvalue weighted by Crippen LogP contribution is -1.95. The van der Waals surface area contributed by atoms with Crippen molar-refractivity contribution in [3.63, 3.8) is 0 Å². The van der Waals surface area contributed by atoms with Gasteiger partial charge in [0.1, 0.15) is 5.82 Å². The Bertz CT molecular complexity index is 586. The van der Waals surface area contributed by atoms with E-state index in [2.05, 4.69) is 76.4 Å². The highest BCUT2D eigenvalue weighted by Crippen LogP contribution is 2.37. The molecule has 0 amide bonds. The third kappa shape index (κ3) is 3.35. The van der Waals surface area contributed by atoms with Crippen LogP contribution >= 0.6 is 70.4 Å². The van der Waals surface area contributed by atoms with Gasteiger partial charge in [-0.2, -0.15) is 0 Å². The molecule has 0 N–H and O–H groups in total. The minimum Gasteiger partial charge on any atom is -0.206 e. The Labute approximate surface area is 144 Å². The van der Waals surface area contributed by atoms with Gasteiger partial charge < -0.3 is 0 Å². The van der Waals surface area contributed by atoms with Crippen molar-refractivity contribution < 1.29 is 4.39 Å². The van der Waals surface area contributed by atoms with Gasteiger partial charge in [0.25, 0.3) is 0 Å². The molecule has 0 saturated carbocycles. The van der Waals surface area contributed by atoms with Crippen LogP contribution < -0.4 is 0 Å². The summed E-state index contributed by atoms with van der Waals surface area (Å²) in [6, 6.07) is 11.2. The first kappa shape index (κ1) is 14.9. The van der Waals surface area contributed by atoms with Gasteiger partial charge in [-0.1, -0.05) is 37.9 Å². The highest BCUT2D eigenvalue weighted by Gasteiger charge is 2.15. The van der Waals surface area contributed by atoms with Crippen LogP contribution in [0.25, 0.3) is 0 Å². The molecule has 0 fully saturated rings. The Kier molecular flexibility index (Phi) is 5.25. The van der Waals surface area contributed by atoms with Gasteiger partial charge in [-0.3, -0.25) is 0 Å². The van der Waals surface area contributed by atoms with Gasteiger partial charge in [-0.25, -0.2) is 4.39 Å². The van der Waals surface area contributed by atoms with Crippen molar-refractivity contribution >= 4 is 70.4 Å². The molecule has 5 heteroatoms. The van der Waals surface area contributed by atoms with Crippen molar-refractivity contribution in [1.82, 2.24) is 0 Å². The Morgan fingerprint density at radius 2 is 1.72 bits per heavy atom. The van der Waals surface area contributed by atoms with E-state index >= 15 is 0 Å². The van der Waals surface area contributed by atoms with Crippen molar-refractivity contribution in [3.05, 3.63) is 65.9 Å². The molecule has 0 radical (unpaired) electrons. The molecule has 0 heterocycles. The van der Waals surface area contributed by atoms with Crippen LogP contribution in [0.2, 0.25) is 0 Å². The molecule has 0 spiro atoms. The second-order valence-electron chi connectivity index (χ2n) is 3.70. The van der Waals surface area contributed by atoms with E-state index in [-0.39, 0.29) is 10.6 Å². The SMILES string of the molecule is Fc1ccc(C(Br)c2cc(I)ccc2Br)cc1Br. The summed E-state index contributed by atoms with van der Waals surface area (Å²) in [5.41, 5.74) is 2.13. The molecule has 0 bridgehead atoms. The van der Waals surface area contributed by atoms with Crippen LogP contribution in [0.3, 0.4) is 0 Å². The molecule has 0 nitrogen and oxygen atoms in total. The highest BCUT2D eigenvalue weighted by molar-refractivity contribution is 14.1. The van der Waals surface area contributed by atoms with Crippen LogP contribution in [0, 0.1) is 9.39 Å². The highest BCUT2D eigenvalue weighted by atomic mass is 127. The second-order valence-corrected chi connectivity index (χ2v) is 7.57. The van der Waals surface area contributed by atoms with Gasteiger partial charge in [-0.05, 0) is 80.0 Å². The molecule has 2 aromatic rings. The number of rotatable bonds is 2. The lowest BCUT2D eigenvalue weighted by atomic mass is 10.1. The first-order valence-corrected chi connectivity index (χ1v) is 8.61. The predicted molar refractivity (Wildman–Crippen MR) is 91.7 cm³/mol. The van der Waals surface area contributed by atoms with Crippen LogP contribution in [0.4, 0.5) is 4.39 Å². The van der Waals surface area contributed by atoms with Gasteiger partial charge in [-0.15, -0.1) is 0 Å². The maximum atomic E-state index is 13.2. The summed E-state index contributed by atoms with van der Waals surface area (Å²) in [7, 11) is 0. The van der Waals surface area contributed by atoms with Crippen molar-refractivity contribution in [3.8, 4) is 0 Å². The summed E-state index contributed by atoms with van der Waals surface area (Å²) in [5, 5.41) is 0. The first-order chi connectivity index (χ1) is 8.49. The molecule has 94 valence electrons. The summed E-state index contributed by atoms with van der Waals surface area (Å²) in [6.07, 6.45) is 0. The molecule has 0 aliphatic heterocycles. The lowest BCUT2D eigenvalue weighted by Gasteiger charge is -2.14. The molecule has 2 rings (SSSR count). The minimum absolute atomic E-state index is 0.0264. The molecule has 18 heavy (non-hydrogen) atoms. The molecule has 0 aliphatic rings. The number of benzene rings is 2. The number of hydrogen-bond acceptors (Lipinski definition) is 0. The summed E-state index contributed by atoms with van der Waals surface area (Å²) < 4.78 is 15.9. The van der Waals surface area contributed by atoms with Gasteiger partial charge in [0.05, 0.1) is 9.30 Å². The third-order valence-corrected chi connectivity index (χ3v) is 5.49. The summed E-state index contributed by atoms with van der Waals surface area (Å²) in [5.74, 6) is -0.250. The fraction of sp³-hybridized carbons (Fsp3) is 0.0769. The summed E-state index contributed by atoms with van der Waals surface area (Å²) >= 11 is 12.7. The van der Waals surface area contributed by atoms with E-state index in [0.717, 1.165) is 19.2 Å². The van der Waals surface area contributed by atoms with E-state index in [1.807, 2.05) is 12.1 Å². The largest absolute Gasteiger partial charge is 0.206 e. The van der Waals surface area contributed by atoms with Crippen molar-refractivity contribution in [2.45, 2.75) is 4.83 Å². The zero-order valence-electron chi connectivity index (χ0n) is 8.93. The molecule has 1 atom stereocenters. The second kappa shape index (κ2) is 6.33. The average Bonchev–Trinajstić information content (AvgIpc) is 2.35. The zero-order chi connectivity index (χ0) is 13.3. The maximum Gasteiger partial charge on any atom is 0.137 e. The van der Waals surface area contributed by atoms with Crippen molar-refractivity contribution in [2.75, 3.05) is 0 Å². The topological polar surface area (TPSA) is 0 Å². The quantitative estimate of drug-likeness (QED) is 0.299. The van der Waals surface area contributed by atoms with E-state index < -0.39 is 0 Å². The van der Waals surface area contributed by atoms with Crippen molar-refractivity contribution in [1.29, 1.82) is 0 Å². The maximum absolute atomic E-state index is 13.2. The zero-order valence-corrected chi connectivity index (χ0v) is 15.8. The molecule has 0 aliphatic carbocycles.